The summed E-state index contributed by atoms with van der Waals surface area (Å²) in [5.41, 5.74) is -0.0109. The van der Waals surface area contributed by atoms with Gasteiger partial charge in [0.25, 0.3) is 11.6 Å². The Bertz CT molecular complexity index is 1130. The zero-order valence-corrected chi connectivity index (χ0v) is 18.4. The van der Waals surface area contributed by atoms with Gasteiger partial charge in [0.2, 0.25) is 0 Å². The van der Waals surface area contributed by atoms with E-state index in [1.165, 1.54) is 17.0 Å². The number of nitro benzene ring substituents is 1. The van der Waals surface area contributed by atoms with E-state index in [0.717, 1.165) is 24.3 Å². The molecule has 4 rings (SSSR count). The van der Waals surface area contributed by atoms with Crippen LogP contribution in [0.4, 0.5) is 18.9 Å². The molecular formula is C23H21F3N2O7. The first kappa shape index (κ1) is 24.5. The van der Waals surface area contributed by atoms with Gasteiger partial charge in [0.1, 0.15) is 12.4 Å². The molecule has 0 aliphatic carbocycles. The van der Waals surface area contributed by atoms with Gasteiger partial charge in [-0.05, 0) is 37.1 Å². The van der Waals surface area contributed by atoms with Crippen molar-refractivity contribution in [3.05, 3.63) is 68.8 Å². The number of amides is 1. The summed E-state index contributed by atoms with van der Waals surface area (Å²) >= 11 is 0. The van der Waals surface area contributed by atoms with E-state index in [4.69, 9.17) is 14.2 Å². The van der Waals surface area contributed by atoms with Gasteiger partial charge in [0, 0.05) is 41.9 Å². The van der Waals surface area contributed by atoms with E-state index in [2.05, 4.69) is 0 Å². The fourth-order valence-electron chi connectivity index (χ4n) is 4.06. The van der Waals surface area contributed by atoms with Gasteiger partial charge in [0.15, 0.2) is 6.79 Å². The Morgan fingerprint density at radius 2 is 1.83 bits per heavy atom. The van der Waals surface area contributed by atoms with Gasteiger partial charge in [-0.1, -0.05) is 0 Å². The van der Waals surface area contributed by atoms with Crippen molar-refractivity contribution < 1.29 is 41.9 Å². The van der Waals surface area contributed by atoms with Crippen molar-refractivity contribution in [2.75, 3.05) is 19.9 Å². The van der Waals surface area contributed by atoms with Gasteiger partial charge in [-0.15, -0.1) is 0 Å². The van der Waals surface area contributed by atoms with E-state index in [1.807, 2.05) is 0 Å². The number of benzene rings is 2. The van der Waals surface area contributed by atoms with Crippen LogP contribution in [-0.4, -0.2) is 41.6 Å². The minimum Gasteiger partial charge on any atom is -0.467 e. The predicted molar refractivity (Wildman–Crippen MR) is 113 cm³/mol. The summed E-state index contributed by atoms with van der Waals surface area (Å²) in [5, 5.41) is 11.2. The molecule has 0 spiro atoms. The molecule has 1 fully saturated rings. The Morgan fingerprint density at radius 1 is 1.14 bits per heavy atom. The number of carbonyl (C=O) groups is 2. The Labute approximate surface area is 197 Å². The number of nitro groups is 1. The molecule has 0 atom stereocenters. The molecule has 0 saturated carbocycles. The van der Waals surface area contributed by atoms with Crippen LogP contribution in [0.15, 0.2) is 36.4 Å². The SMILES string of the molecule is O=C(OCc1cc([N+](=O)[O-])cc2c1OCOC2)C1CCN(C(=O)c2ccc(C(F)(F)F)cc2)CC1. The summed E-state index contributed by atoms with van der Waals surface area (Å²) in [6, 6.07) is 6.64. The molecular weight excluding hydrogens is 473 g/mol. The predicted octanol–water partition coefficient (Wildman–Crippen LogP) is 4.08. The van der Waals surface area contributed by atoms with Crippen molar-refractivity contribution in [1.29, 1.82) is 0 Å². The smallest absolute Gasteiger partial charge is 0.416 e. The molecule has 1 amide bonds. The minimum absolute atomic E-state index is 0.0167. The summed E-state index contributed by atoms with van der Waals surface area (Å²) in [5.74, 6) is -0.996. The number of likely N-dealkylation sites (tertiary alicyclic amines) is 1. The van der Waals surface area contributed by atoms with Crippen LogP contribution in [-0.2, 0) is 33.7 Å². The number of piperidine rings is 1. The molecule has 2 heterocycles. The molecule has 0 bridgehead atoms. The second-order valence-corrected chi connectivity index (χ2v) is 8.21. The zero-order chi connectivity index (χ0) is 25.2. The summed E-state index contributed by atoms with van der Waals surface area (Å²) in [7, 11) is 0. The van der Waals surface area contributed by atoms with Crippen molar-refractivity contribution in [3.63, 3.8) is 0 Å². The summed E-state index contributed by atoms with van der Waals surface area (Å²) < 4.78 is 54.2. The number of carbonyl (C=O) groups excluding carboxylic acids is 2. The quantitative estimate of drug-likeness (QED) is 0.350. The van der Waals surface area contributed by atoms with E-state index >= 15 is 0 Å². The van der Waals surface area contributed by atoms with E-state index in [0.29, 0.717) is 29.7 Å². The van der Waals surface area contributed by atoms with E-state index < -0.39 is 34.5 Å². The molecule has 0 radical (unpaired) electrons. The molecule has 2 aliphatic heterocycles. The van der Waals surface area contributed by atoms with Gasteiger partial charge in [-0.3, -0.25) is 19.7 Å². The molecule has 0 N–H and O–H groups in total. The zero-order valence-electron chi connectivity index (χ0n) is 18.4. The Hall–Kier alpha value is -3.67. The molecule has 2 aliphatic rings. The number of nitrogens with zero attached hydrogens (tertiary/aromatic N) is 2. The van der Waals surface area contributed by atoms with Gasteiger partial charge < -0.3 is 19.1 Å². The Kier molecular flexibility index (Phi) is 6.92. The molecule has 35 heavy (non-hydrogen) atoms. The topological polar surface area (TPSA) is 108 Å². The van der Waals surface area contributed by atoms with Crippen LogP contribution in [0.2, 0.25) is 0 Å². The molecule has 0 unspecified atom stereocenters. The fraction of sp³-hybridized carbons (Fsp3) is 0.391. The summed E-state index contributed by atoms with van der Waals surface area (Å²) in [4.78, 5) is 37.4. The molecule has 2 aromatic rings. The highest BCUT2D eigenvalue weighted by Gasteiger charge is 2.32. The number of non-ortho nitro benzene ring substituents is 1. The number of halogens is 3. The third-order valence-electron chi connectivity index (χ3n) is 5.93. The van der Waals surface area contributed by atoms with Crippen molar-refractivity contribution in [3.8, 4) is 5.75 Å². The van der Waals surface area contributed by atoms with Crippen LogP contribution in [0, 0.1) is 16.0 Å². The number of hydrogen-bond donors (Lipinski definition) is 0. The van der Waals surface area contributed by atoms with Crippen LogP contribution in [0.25, 0.3) is 0 Å². The van der Waals surface area contributed by atoms with Crippen LogP contribution in [0.3, 0.4) is 0 Å². The highest BCUT2D eigenvalue weighted by atomic mass is 19.4. The van der Waals surface area contributed by atoms with Crippen molar-refractivity contribution in [1.82, 2.24) is 4.90 Å². The lowest BCUT2D eigenvalue weighted by Gasteiger charge is -2.31. The lowest BCUT2D eigenvalue weighted by Crippen LogP contribution is -2.40. The lowest BCUT2D eigenvalue weighted by atomic mass is 9.96. The first-order valence-electron chi connectivity index (χ1n) is 10.8. The van der Waals surface area contributed by atoms with E-state index in [-0.39, 0.29) is 44.3 Å². The summed E-state index contributed by atoms with van der Waals surface area (Å²) in [6.07, 6.45) is -3.84. The van der Waals surface area contributed by atoms with Crippen LogP contribution in [0.1, 0.15) is 39.9 Å². The number of esters is 1. The van der Waals surface area contributed by atoms with Gasteiger partial charge >= 0.3 is 12.1 Å². The molecule has 9 nitrogen and oxygen atoms in total. The first-order valence-corrected chi connectivity index (χ1v) is 10.8. The van der Waals surface area contributed by atoms with Crippen molar-refractivity contribution in [2.24, 2.45) is 5.92 Å². The van der Waals surface area contributed by atoms with Gasteiger partial charge in [0.05, 0.1) is 23.0 Å². The maximum Gasteiger partial charge on any atom is 0.416 e. The molecule has 186 valence electrons. The maximum atomic E-state index is 12.7. The minimum atomic E-state index is -4.48. The Balaban J connectivity index is 1.33. The van der Waals surface area contributed by atoms with Crippen molar-refractivity contribution >= 4 is 17.6 Å². The average molecular weight is 494 g/mol. The number of hydrogen-bond acceptors (Lipinski definition) is 7. The molecule has 2 aromatic carbocycles. The van der Waals surface area contributed by atoms with Crippen LogP contribution < -0.4 is 4.74 Å². The number of fused-ring (bicyclic) bond motifs is 1. The Morgan fingerprint density at radius 3 is 2.46 bits per heavy atom. The van der Waals surface area contributed by atoms with Crippen LogP contribution in [0.5, 0.6) is 5.75 Å². The normalized spacial score (nSPS) is 16.3. The third kappa shape index (κ3) is 5.53. The highest BCUT2D eigenvalue weighted by molar-refractivity contribution is 5.94. The number of ether oxygens (including phenoxy) is 3. The second kappa shape index (κ2) is 9.90. The third-order valence-corrected chi connectivity index (χ3v) is 5.93. The monoisotopic (exact) mass is 494 g/mol. The van der Waals surface area contributed by atoms with E-state index in [1.54, 1.807) is 0 Å². The number of alkyl halides is 3. The average Bonchev–Trinajstić information content (AvgIpc) is 2.86. The van der Waals surface area contributed by atoms with E-state index in [9.17, 15) is 32.9 Å². The number of rotatable bonds is 5. The highest BCUT2D eigenvalue weighted by Crippen LogP contribution is 2.34. The maximum absolute atomic E-state index is 12.7. The molecule has 0 aromatic heterocycles. The standard InChI is InChI=1S/C23H21F3N2O7/c24-23(25,26)18-3-1-14(2-4-18)21(29)27-7-5-15(6-8-27)22(30)34-12-17-10-19(28(31)32)9-16-11-33-13-35-20(16)17/h1-4,9-10,15H,5-8,11-13H2. The summed E-state index contributed by atoms with van der Waals surface area (Å²) in [6.45, 7) is 0.395. The molecule has 1 saturated heterocycles. The molecule has 12 heteroatoms. The largest absolute Gasteiger partial charge is 0.467 e. The first-order chi connectivity index (χ1) is 16.6. The second-order valence-electron chi connectivity index (χ2n) is 8.21. The lowest BCUT2D eigenvalue weighted by molar-refractivity contribution is -0.385. The van der Waals surface area contributed by atoms with Crippen LogP contribution >= 0.6 is 0 Å². The van der Waals surface area contributed by atoms with Gasteiger partial charge in [-0.25, -0.2) is 0 Å². The van der Waals surface area contributed by atoms with Crippen molar-refractivity contribution in [2.45, 2.75) is 32.2 Å². The fourth-order valence-corrected chi connectivity index (χ4v) is 4.06. The van der Waals surface area contributed by atoms with Gasteiger partial charge in [-0.2, -0.15) is 13.2 Å².